The minimum absolute atomic E-state index is 0.671. The number of hydrogen-bond acceptors (Lipinski definition) is 1. The first kappa shape index (κ1) is 25.0. The molecular formula is C43H25N3. The number of fused-ring (bicyclic) bond motifs is 5. The molecule has 212 valence electrons. The average Bonchev–Trinajstić information content (AvgIpc) is 3.64. The SMILES string of the molecule is N#Cc1ccc(-c2ccc3ccc4c(-n5c6ccccc6c6c5c5ccccc5n6-c5ccccc5)ccc5ccc2c3c54)cc1. The average molecular weight is 584 g/mol. The van der Waals surface area contributed by atoms with Gasteiger partial charge in [-0.05, 0) is 80.5 Å². The molecule has 0 fully saturated rings. The summed E-state index contributed by atoms with van der Waals surface area (Å²) < 4.78 is 4.91. The lowest BCUT2D eigenvalue weighted by Crippen LogP contribution is -1.97. The van der Waals surface area contributed by atoms with Gasteiger partial charge in [0.15, 0.2) is 0 Å². The van der Waals surface area contributed by atoms with Gasteiger partial charge >= 0.3 is 0 Å². The van der Waals surface area contributed by atoms with Crippen LogP contribution in [0.25, 0.3) is 87.7 Å². The number of hydrogen-bond donors (Lipinski definition) is 0. The van der Waals surface area contributed by atoms with E-state index in [-0.39, 0.29) is 0 Å². The van der Waals surface area contributed by atoms with Crippen LogP contribution in [0.1, 0.15) is 5.56 Å². The predicted octanol–water partition coefficient (Wildman–Crippen LogP) is 11.2. The lowest BCUT2D eigenvalue weighted by Gasteiger charge is -2.17. The zero-order chi connectivity index (χ0) is 30.4. The maximum Gasteiger partial charge on any atom is 0.0991 e. The van der Waals surface area contributed by atoms with Crippen molar-refractivity contribution >= 4 is 65.2 Å². The molecule has 3 nitrogen and oxygen atoms in total. The summed E-state index contributed by atoms with van der Waals surface area (Å²) in [7, 11) is 0. The maximum atomic E-state index is 9.36. The fourth-order valence-corrected chi connectivity index (χ4v) is 7.74. The van der Waals surface area contributed by atoms with E-state index >= 15 is 0 Å². The Kier molecular flexibility index (Phi) is 5.06. The van der Waals surface area contributed by atoms with Crippen LogP contribution >= 0.6 is 0 Å². The number of nitriles is 1. The fraction of sp³-hybridized carbons (Fsp3) is 0. The molecule has 0 N–H and O–H groups in total. The molecule has 0 aliphatic heterocycles. The van der Waals surface area contributed by atoms with Crippen LogP contribution < -0.4 is 0 Å². The Morgan fingerprint density at radius 1 is 0.435 bits per heavy atom. The summed E-state index contributed by atoms with van der Waals surface area (Å²) in [6.45, 7) is 0. The number of benzene rings is 8. The van der Waals surface area contributed by atoms with E-state index in [9.17, 15) is 5.26 Å². The van der Waals surface area contributed by atoms with E-state index in [0.29, 0.717) is 5.56 Å². The van der Waals surface area contributed by atoms with E-state index in [0.717, 1.165) is 11.3 Å². The highest BCUT2D eigenvalue weighted by molar-refractivity contribution is 6.28. The largest absolute Gasteiger partial charge is 0.307 e. The Bertz CT molecular complexity index is 2840. The molecule has 0 aliphatic rings. The third kappa shape index (κ3) is 3.30. The highest BCUT2D eigenvalue weighted by atomic mass is 15.1. The Labute approximate surface area is 264 Å². The summed E-state index contributed by atoms with van der Waals surface area (Å²) >= 11 is 0. The van der Waals surface area contributed by atoms with Crippen molar-refractivity contribution in [2.24, 2.45) is 0 Å². The maximum absolute atomic E-state index is 9.36. The molecule has 0 saturated carbocycles. The molecule has 0 atom stereocenters. The van der Waals surface area contributed by atoms with Crippen molar-refractivity contribution in [3.05, 3.63) is 157 Å². The van der Waals surface area contributed by atoms with E-state index in [1.807, 2.05) is 12.1 Å². The molecule has 8 aromatic carbocycles. The van der Waals surface area contributed by atoms with Crippen molar-refractivity contribution in [3.63, 3.8) is 0 Å². The first-order valence-electron chi connectivity index (χ1n) is 15.6. The molecule has 10 rings (SSSR count). The highest BCUT2D eigenvalue weighted by Crippen LogP contribution is 2.45. The molecule has 0 unspecified atom stereocenters. The Morgan fingerprint density at radius 3 is 1.72 bits per heavy atom. The van der Waals surface area contributed by atoms with Crippen molar-refractivity contribution in [1.82, 2.24) is 9.13 Å². The van der Waals surface area contributed by atoms with E-state index in [4.69, 9.17) is 0 Å². The summed E-state index contributed by atoms with van der Waals surface area (Å²) in [5.41, 5.74) is 10.1. The summed E-state index contributed by atoms with van der Waals surface area (Å²) in [6.07, 6.45) is 0. The quantitative estimate of drug-likeness (QED) is 0.191. The van der Waals surface area contributed by atoms with E-state index in [1.165, 1.54) is 76.4 Å². The van der Waals surface area contributed by atoms with Gasteiger partial charge in [0.25, 0.3) is 0 Å². The second kappa shape index (κ2) is 9.32. The van der Waals surface area contributed by atoms with Gasteiger partial charge in [-0.1, -0.05) is 109 Å². The number of aromatic nitrogens is 2. The predicted molar refractivity (Wildman–Crippen MR) is 191 cm³/mol. The van der Waals surface area contributed by atoms with Gasteiger partial charge in [0.2, 0.25) is 0 Å². The normalized spacial score (nSPS) is 11.9. The molecule has 10 aromatic rings. The molecule has 3 heteroatoms. The van der Waals surface area contributed by atoms with Crippen LogP contribution in [-0.4, -0.2) is 9.13 Å². The van der Waals surface area contributed by atoms with Crippen molar-refractivity contribution in [2.75, 3.05) is 0 Å². The van der Waals surface area contributed by atoms with Crippen LogP contribution in [0.5, 0.6) is 0 Å². The van der Waals surface area contributed by atoms with Gasteiger partial charge in [0, 0.05) is 21.8 Å². The highest BCUT2D eigenvalue weighted by Gasteiger charge is 2.23. The van der Waals surface area contributed by atoms with Crippen LogP contribution in [-0.2, 0) is 0 Å². The van der Waals surface area contributed by atoms with Crippen molar-refractivity contribution < 1.29 is 0 Å². The van der Waals surface area contributed by atoms with Crippen molar-refractivity contribution in [3.8, 4) is 28.6 Å². The standard InChI is InChI=1S/C43H25N3/c44-26-27-14-16-28(17-15-27)32-22-18-29-20-24-34-39(25-21-30-19-23-33(32)40(29)41(30)34)46-38-13-7-5-11-36(38)42-43(46)35-10-4-6-12-37(35)45(42)31-8-2-1-3-9-31/h1-25H. The van der Waals surface area contributed by atoms with Crippen LogP contribution in [0.2, 0.25) is 0 Å². The minimum atomic E-state index is 0.671. The zero-order valence-electron chi connectivity index (χ0n) is 24.8. The fourth-order valence-electron chi connectivity index (χ4n) is 7.74. The van der Waals surface area contributed by atoms with Gasteiger partial charge in [0.1, 0.15) is 0 Å². The molecule has 2 heterocycles. The summed E-state index contributed by atoms with van der Waals surface area (Å²) in [5, 5.41) is 19.3. The Morgan fingerprint density at radius 2 is 1.00 bits per heavy atom. The lowest BCUT2D eigenvalue weighted by atomic mass is 9.89. The molecule has 0 aliphatic carbocycles. The van der Waals surface area contributed by atoms with Crippen molar-refractivity contribution in [2.45, 2.75) is 0 Å². The molecular weight excluding hydrogens is 558 g/mol. The Hall–Kier alpha value is -6.37. The van der Waals surface area contributed by atoms with Gasteiger partial charge in [-0.2, -0.15) is 5.26 Å². The third-order valence-corrected chi connectivity index (χ3v) is 9.69. The van der Waals surface area contributed by atoms with Gasteiger partial charge in [-0.3, -0.25) is 0 Å². The zero-order valence-corrected chi connectivity index (χ0v) is 24.8. The van der Waals surface area contributed by atoms with Crippen molar-refractivity contribution in [1.29, 1.82) is 5.26 Å². The topological polar surface area (TPSA) is 33.6 Å². The second-order valence-electron chi connectivity index (χ2n) is 12.0. The first-order valence-corrected chi connectivity index (χ1v) is 15.6. The van der Waals surface area contributed by atoms with E-state index < -0.39 is 0 Å². The van der Waals surface area contributed by atoms with E-state index in [2.05, 4.69) is 155 Å². The van der Waals surface area contributed by atoms with Gasteiger partial charge in [0.05, 0.1) is 39.4 Å². The lowest BCUT2D eigenvalue weighted by molar-refractivity contribution is 1.18. The van der Waals surface area contributed by atoms with Crippen LogP contribution in [0, 0.1) is 11.3 Å². The minimum Gasteiger partial charge on any atom is -0.307 e. The van der Waals surface area contributed by atoms with Crippen LogP contribution in [0.15, 0.2) is 152 Å². The van der Waals surface area contributed by atoms with Gasteiger partial charge in [-0.25, -0.2) is 0 Å². The van der Waals surface area contributed by atoms with Crippen LogP contribution in [0.3, 0.4) is 0 Å². The summed E-state index contributed by atoms with van der Waals surface area (Å²) in [6, 6.07) is 56.5. The molecule has 0 bridgehead atoms. The van der Waals surface area contributed by atoms with E-state index in [1.54, 1.807) is 0 Å². The molecule has 2 aromatic heterocycles. The van der Waals surface area contributed by atoms with Gasteiger partial charge in [-0.15, -0.1) is 0 Å². The Balaban J connectivity index is 1.34. The van der Waals surface area contributed by atoms with Gasteiger partial charge < -0.3 is 9.13 Å². The first-order chi connectivity index (χ1) is 22.8. The smallest absolute Gasteiger partial charge is 0.0991 e. The number of para-hydroxylation sites is 3. The molecule has 46 heavy (non-hydrogen) atoms. The molecule has 0 amide bonds. The summed E-state index contributed by atoms with van der Waals surface area (Å²) in [5.74, 6) is 0. The summed E-state index contributed by atoms with van der Waals surface area (Å²) in [4.78, 5) is 0. The van der Waals surface area contributed by atoms with Crippen LogP contribution in [0.4, 0.5) is 0 Å². The third-order valence-electron chi connectivity index (χ3n) is 9.69. The second-order valence-corrected chi connectivity index (χ2v) is 12.0. The number of nitrogens with zero attached hydrogens (tertiary/aromatic N) is 3. The molecule has 0 saturated heterocycles. The molecule has 0 radical (unpaired) electrons. The monoisotopic (exact) mass is 583 g/mol. The number of rotatable bonds is 3. The molecule has 0 spiro atoms.